The van der Waals surface area contributed by atoms with Crippen LogP contribution in [0.15, 0.2) is 42.6 Å². The Bertz CT molecular complexity index is 908. The maximum absolute atomic E-state index is 13.6. The summed E-state index contributed by atoms with van der Waals surface area (Å²) >= 11 is 0.804. The van der Waals surface area contributed by atoms with Crippen molar-refractivity contribution in [3.8, 4) is 11.5 Å². The number of carbonyl (C=O) groups is 1. The molecule has 2 aromatic heterocycles. The molecule has 0 aliphatic rings. The van der Waals surface area contributed by atoms with E-state index in [1.807, 2.05) is 0 Å². The molecule has 128 valence electrons. The van der Waals surface area contributed by atoms with E-state index in [9.17, 15) is 22.4 Å². The van der Waals surface area contributed by atoms with E-state index in [1.54, 1.807) is 0 Å². The Morgan fingerprint density at radius 2 is 1.84 bits per heavy atom. The Kier molecular flexibility index (Phi) is 4.45. The first kappa shape index (κ1) is 17.0. The zero-order valence-corrected chi connectivity index (χ0v) is 13.0. The molecule has 0 bridgehead atoms. The summed E-state index contributed by atoms with van der Waals surface area (Å²) in [6, 6.07) is 6.34. The molecule has 0 spiro atoms. The molecule has 0 aliphatic carbocycles. The number of amides is 1. The van der Waals surface area contributed by atoms with E-state index in [0.29, 0.717) is 0 Å². The standard InChI is InChI=1S/C15H8F4N4OS/c16-10-2-1-7-20-11(10)12-21-14(25-23-12)22-13(24)8-3-5-9(6-4-8)15(17,18)19/h1-7H,(H,21,22,23,24). The molecule has 10 heteroatoms. The second-order valence-corrected chi connectivity index (χ2v) is 5.54. The summed E-state index contributed by atoms with van der Waals surface area (Å²) in [5.41, 5.74) is -0.893. The van der Waals surface area contributed by atoms with Crippen molar-refractivity contribution >= 4 is 22.6 Å². The van der Waals surface area contributed by atoms with Gasteiger partial charge in [0.2, 0.25) is 5.13 Å². The molecule has 3 rings (SSSR count). The summed E-state index contributed by atoms with van der Waals surface area (Å²) in [6.07, 6.45) is -3.10. The number of alkyl halides is 3. The molecule has 0 fully saturated rings. The molecular weight excluding hydrogens is 360 g/mol. The molecule has 0 saturated carbocycles. The summed E-state index contributed by atoms with van der Waals surface area (Å²) in [5, 5.41) is 2.47. The van der Waals surface area contributed by atoms with Gasteiger partial charge in [0.15, 0.2) is 11.6 Å². The summed E-state index contributed by atoms with van der Waals surface area (Å²) in [5.74, 6) is -1.26. The van der Waals surface area contributed by atoms with Crippen molar-refractivity contribution in [2.24, 2.45) is 0 Å². The largest absolute Gasteiger partial charge is 0.416 e. The van der Waals surface area contributed by atoms with E-state index in [0.717, 1.165) is 35.8 Å². The first-order chi connectivity index (χ1) is 11.8. The highest BCUT2D eigenvalue weighted by atomic mass is 32.1. The van der Waals surface area contributed by atoms with E-state index >= 15 is 0 Å². The molecule has 3 aromatic rings. The number of carbonyl (C=O) groups excluding carboxylic acids is 1. The number of nitrogens with zero attached hydrogens (tertiary/aromatic N) is 3. The summed E-state index contributed by atoms with van der Waals surface area (Å²) in [7, 11) is 0. The molecular formula is C15H8F4N4OS. The van der Waals surface area contributed by atoms with Gasteiger partial charge in [0.1, 0.15) is 5.69 Å². The Balaban J connectivity index is 1.75. The molecule has 1 amide bonds. The number of benzene rings is 1. The van der Waals surface area contributed by atoms with Crippen LogP contribution in [-0.4, -0.2) is 20.2 Å². The van der Waals surface area contributed by atoms with Crippen molar-refractivity contribution in [3.05, 3.63) is 59.5 Å². The van der Waals surface area contributed by atoms with Gasteiger partial charge in [-0.25, -0.2) is 9.37 Å². The van der Waals surface area contributed by atoms with E-state index in [-0.39, 0.29) is 22.2 Å². The van der Waals surface area contributed by atoms with Gasteiger partial charge in [-0.15, -0.1) is 0 Å². The minimum Gasteiger partial charge on any atom is -0.297 e. The van der Waals surface area contributed by atoms with Gasteiger partial charge in [-0.05, 0) is 36.4 Å². The fraction of sp³-hybridized carbons (Fsp3) is 0.0667. The SMILES string of the molecule is O=C(Nc1nc(-c2ncccc2F)ns1)c1ccc(C(F)(F)F)cc1. The molecule has 0 aliphatic heterocycles. The van der Waals surface area contributed by atoms with Crippen LogP contribution in [0.1, 0.15) is 15.9 Å². The normalized spacial score (nSPS) is 11.4. The van der Waals surface area contributed by atoms with Crippen LogP contribution < -0.4 is 5.32 Å². The highest BCUT2D eigenvalue weighted by Crippen LogP contribution is 2.29. The van der Waals surface area contributed by atoms with E-state index in [2.05, 4.69) is 19.7 Å². The maximum Gasteiger partial charge on any atom is 0.416 e. The van der Waals surface area contributed by atoms with Gasteiger partial charge in [0.05, 0.1) is 5.56 Å². The van der Waals surface area contributed by atoms with E-state index in [1.165, 1.54) is 18.3 Å². The average Bonchev–Trinajstić information content (AvgIpc) is 3.03. The van der Waals surface area contributed by atoms with Crippen molar-refractivity contribution in [1.82, 2.24) is 14.3 Å². The Hall–Kier alpha value is -2.88. The third-order valence-corrected chi connectivity index (χ3v) is 3.72. The Morgan fingerprint density at radius 3 is 2.48 bits per heavy atom. The lowest BCUT2D eigenvalue weighted by molar-refractivity contribution is -0.137. The zero-order chi connectivity index (χ0) is 18.0. The van der Waals surface area contributed by atoms with Crippen LogP contribution in [0.25, 0.3) is 11.5 Å². The van der Waals surface area contributed by atoms with E-state index < -0.39 is 23.5 Å². The predicted molar refractivity (Wildman–Crippen MR) is 82.5 cm³/mol. The van der Waals surface area contributed by atoms with Crippen LogP contribution in [0.5, 0.6) is 0 Å². The number of halogens is 4. The fourth-order valence-corrected chi connectivity index (χ4v) is 2.47. The monoisotopic (exact) mass is 368 g/mol. The first-order valence-electron chi connectivity index (χ1n) is 6.78. The number of nitrogens with one attached hydrogen (secondary N) is 1. The fourth-order valence-electron chi connectivity index (χ4n) is 1.90. The number of aromatic nitrogens is 3. The van der Waals surface area contributed by atoms with Gasteiger partial charge < -0.3 is 0 Å². The maximum atomic E-state index is 13.6. The number of pyridine rings is 1. The van der Waals surface area contributed by atoms with Gasteiger partial charge in [-0.3, -0.25) is 10.1 Å². The third-order valence-electron chi connectivity index (χ3n) is 3.09. The van der Waals surface area contributed by atoms with Gasteiger partial charge in [-0.1, -0.05) is 0 Å². The lowest BCUT2D eigenvalue weighted by atomic mass is 10.1. The Morgan fingerprint density at radius 1 is 1.12 bits per heavy atom. The molecule has 0 atom stereocenters. The molecule has 0 radical (unpaired) electrons. The first-order valence-corrected chi connectivity index (χ1v) is 7.55. The smallest absolute Gasteiger partial charge is 0.297 e. The summed E-state index contributed by atoms with van der Waals surface area (Å²) in [4.78, 5) is 19.8. The van der Waals surface area contributed by atoms with Crippen LogP contribution in [-0.2, 0) is 6.18 Å². The molecule has 1 aromatic carbocycles. The van der Waals surface area contributed by atoms with Crippen LogP contribution in [0.3, 0.4) is 0 Å². The minimum absolute atomic E-state index is 0.00539. The summed E-state index contributed by atoms with van der Waals surface area (Å²) in [6.45, 7) is 0. The molecule has 2 heterocycles. The van der Waals surface area contributed by atoms with Gasteiger partial charge in [-0.2, -0.15) is 22.5 Å². The predicted octanol–water partition coefficient (Wildman–Crippen LogP) is 4.01. The molecule has 0 unspecified atom stereocenters. The number of hydrogen-bond donors (Lipinski definition) is 1. The highest BCUT2D eigenvalue weighted by molar-refractivity contribution is 7.10. The second-order valence-electron chi connectivity index (χ2n) is 4.79. The zero-order valence-electron chi connectivity index (χ0n) is 12.2. The molecule has 25 heavy (non-hydrogen) atoms. The van der Waals surface area contributed by atoms with Crippen LogP contribution >= 0.6 is 11.5 Å². The van der Waals surface area contributed by atoms with Crippen molar-refractivity contribution in [3.63, 3.8) is 0 Å². The minimum atomic E-state index is -4.48. The van der Waals surface area contributed by atoms with Crippen LogP contribution in [0.4, 0.5) is 22.7 Å². The van der Waals surface area contributed by atoms with Gasteiger partial charge in [0, 0.05) is 23.3 Å². The van der Waals surface area contributed by atoms with Crippen molar-refractivity contribution in [2.45, 2.75) is 6.18 Å². The van der Waals surface area contributed by atoms with Crippen LogP contribution in [0.2, 0.25) is 0 Å². The third kappa shape index (κ3) is 3.79. The van der Waals surface area contributed by atoms with Crippen molar-refractivity contribution < 1.29 is 22.4 Å². The highest BCUT2D eigenvalue weighted by Gasteiger charge is 2.30. The second kappa shape index (κ2) is 6.55. The Labute approximate surface area is 142 Å². The summed E-state index contributed by atoms with van der Waals surface area (Å²) < 4.78 is 55.1. The van der Waals surface area contributed by atoms with E-state index in [4.69, 9.17) is 0 Å². The van der Waals surface area contributed by atoms with Gasteiger partial charge in [0.25, 0.3) is 5.91 Å². The molecule has 5 nitrogen and oxygen atoms in total. The lowest BCUT2D eigenvalue weighted by Crippen LogP contribution is -2.12. The molecule has 0 saturated heterocycles. The topological polar surface area (TPSA) is 67.8 Å². The number of anilines is 1. The quantitative estimate of drug-likeness (QED) is 0.710. The van der Waals surface area contributed by atoms with Gasteiger partial charge >= 0.3 is 6.18 Å². The lowest BCUT2D eigenvalue weighted by Gasteiger charge is -2.07. The molecule has 1 N–H and O–H groups in total. The van der Waals surface area contributed by atoms with Crippen molar-refractivity contribution in [2.75, 3.05) is 5.32 Å². The average molecular weight is 368 g/mol. The van der Waals surface area contributed by atoms with Crippen molar-refractivity contribution in [1.29, 1.82) is 0 Å². The van der Waals surface area contributed by atoms with Crippen LogP contribution in [0, 0.1) is 5.82 Å². The number of rotatable bonds is 3. The number of hydrogen-bond acceptors (Lipinski definition) is 5.